The second-order valence-corrected chi connectivity index (χ2v) is 3.83. The Morgan fingerprint density at radius 3 is 2.94 bits per heavy atom. The van der Waals surface area contributed by atoms with Gasteiger partial charge in [-0.1, -0.05) is 0 Å². The molecule has 0 aliphatic carbocycles. The Balaban J connectivity index is 1.95. The predicted molar refractivity (Wildman–Crippen MR) is 64.2 cm³/mol. The fourth-order valence-corrected chi connectivity index (χ4v) is 1.59. The number of nitrogens with zero attached hydrogens (tertiary/aromatic N) is 5. The van der Waals surface area contributed by atoms with Gasteiger partial charge in [0.05, 0.1) is 0 Å². The first kappa shape index (κ1) is 10.5. The molecule has 0 unspecified atom stereocenters. The molecule has 0 aliphatic rings. The van der Waals surface area contributed by atoms with Gasteiger partial charge in [0, 0.05) is 11.8 Å². The number of benzene rings is 1. The van der Waals surface area contributed by atoms with E-state index in [2.05, 4.69) is 20.6 Å². The number of aryl methyl sites for hydroxylation is 1. The molecule has 1 aromatic carbocycles. The Hall–Kier alpha value is -2.70. The Labute approximate surface area is 102 Å². The molecular formula is C11H10N6O. The number of fused-ring (bicyclic) bond motifs is 1. The van der Waals surface area contributed by atoms with Gasteiger partial charge in [0.25, 0.3) is 0 Å². The molecule has 7 heteroatoms. The Kier molecular flexibility index (Phi) is 2.30. The molecule has 0 saturated carbocycles. The van der Waals surface area contributed by atoms with Gasteiger partial charge in [-0.15, -0.1) is 14.8 Å². The molecule has 3 rings (SSSR count). The normalized spacial score (nSPS) is 10.7. The van der Waals surface area contributed by atoms with Crippen LogP contribution in [0.3, 0.4) is 0 Å². The fraction of sp³-hybridized carbons (Fsp3) is 0.0909. The van der Waals surface area contributed by atoms with E-state index in [1.165, 1.54) is 4.63 Å². The summed E-state index contributed by atoms with van der Waals surface area (Å²) < 4.78 is 6.97. The van der Waals surface area contributed by atoms with Crippen molar-refractivity contribution in [2.24, 2.45) is 0 Å². The molecule has 0 amide bonds. The molecule has 90 valence electrons. The van der Waals surface area contributed by atoms with Crippen LogP contribution in [0.15, 0.2) is 30.3 Å². The first-order chi connectivity index (χ1) is 8.72. The molecule has 0 spiro atoms. The van der Waals surface area contributed by atoms with Gasteiger partial charge in [0.1, 0.15) is 5.75 Å². The zero-order valence-corrected chi connectivity index (χ0v) is 9.61. The average molecular weight is 242 g/mol. The lowest BCUT2D eigenvalue weighted by Crippen LogP contribution is -1.98. The van der Waals surface area contributed by atoms with E-state index < -0.39 is 0 Å². The topological polar surface area (TPSA) is 91.2 Å². The smallest absolute Gasteiger partial charge is 0.239 e. The number of aromatic nitrogens is 5. The second-order valence-electron chi connectivity index (χ2n) is 3.83. The predicted octanol–water partition coefficient (Wildman–Crippen LogP) is 1.20. The first-order valence-corrected chi connectivity index (χ1v) is 5.32. The molecular weight excluding hydrogens is 232 g/mol. The van der Waals surface area contributed by atoms with Crippen molar-refractivity contribution < 1.29 is 4.74 Å². The summed E-state index contributed by atoms with van der Waals surface area (Å²) in [5.74, 6) is 1.12. The summed E-state index contributed by atoms with van der Waals surface area (Å²) in [7, 11) is 0. The summed E-state index contributed by atoms with van der Waals surface area (Å²) in [5, 5.41) is 15.1. The van der Waals surface area contributed by atoms with Crippen LogP contribution in [0.4, 0.5) is 5.69 Å². The molecule has 0 radical (unpaired) electrons. The van der Waals surface area contributed by atoms with Gasteiger partial charge < -0.3 is 10.5 Å². The molecule has 0 bridgehead atoms. The lowest BCUT2D eigenvalue weighted by atomic mass is 10.2. The van der Waals surface area contributed by atoms with E-state index in [1.54, 1.807) is 24.3 Å². The Morgan fingerprint density at radius 2 is 2.11 bits per heavy atom. The van der Waals surface area contributed by atoms with E-state index in [0.717, 1.165) is 5.56 Å². The molecule has 18 heavy (non-hydrogen) atoms. The van der Waals surface area contributed by atoms with E-state index in [9.17, 15) is 0 Å². The summed E-state index contributed by atoms with van der Waals surface area (Å²) in [6.45, 7) is 1.92. The zero-order valence-electron chi connectivity index (χ0n) is 9.61. The third kappa shape index (κ3) is 1.81. The molecule has 2 heterocycles. The SMILES string of the molecule is Cc1cc(N)ccc1Oc1ccc2nnnn2n1. The van der Waals surface area contributed by atoms with Gasteiger partial charge in [0.2, 0.25) is 5.88 Å². The number of rotatable bonds is 2. The van der Waals surface area contributed by atoms with Gasteiger partial charge in [-0.2, -0.15) is 0 Å². The van der Waals surface area contributed by atoms with E-state index in [4.69, 9.17) is 10.5 Å². The van der Waals surface area contributed by atoms with Gasteiger partial charge in [0.15, 0.2) is 5.65 Å². The fourth-order valence-electron chi connectivity index (χ4n) is 1.59. The maximum absolute atomic E-state index is 5.68. The minimum atomic E-state index is 0.419. The number of ether oxygens (including phenoxy) is 1. The third-order valence-corrected chi connectivity index (χ3v) is 2.46. The van der Waals surface area contributed by atoms with Crippen molar-refractivity contribution in [1.82, 2.24) is 25.3 Å². The van der Waals surface area contributed by atoms with Crippen LogP contribution < -0.4 is 10.5 Å². The molecule has 0 fully saturated rings. The minimum Gasteiger partial charge on any atom is -0.437 e. The highest BCUT2D eigenvalue weighted by Crippen LogP contribution is 2.24. The number of hydrogen-bond acceptors (Lipinski definition) is 6. The van der Waals surface area contributed by atoms with Crippen molar-refractivity contribution in [2.75, 3.05) is 5.73 Å². The minimum absolute atomic E-state index is 0.419. The second kappa shape index (κ2) is 3.95. The van der Waals surface area contributed by atoms with Crippen molar-refractivity contribution in [1.29, 1.82) is 0 Å². The van der Waals surface area contributed by atoms with Crippen LogP contribution in [0, 0.1) is 6.92 Å². The lowest BCUT2D eigenvalue weighted by molar-refractivity contribution is 0.444. The van der Waals surface area contributed by atoms with E-state index in [0.29, 0.717) is 23.0 Å². The first-order valence-electron chi connectivity index (χ1n) is 5.32. The summed E-state index contributed by atoms with van der Waals surface area (Å²) in [5.41, 5.74) is 7.88. The standard InChI is InChI=1S/C11H10N6O/c1-7-6-8(12)2-3-9(7)18-11-5-4-10-13-15-16-17(10)14-11/h2-6H,12H2,1H3. The van der Waals surface area contributed by atoms with Crippen LogP contribution in [-0.2, 0) is 0 Å². The summed E-state index contributed by atoms with van der Waals surface area (Å²) in [6.07, 6.45) is 0. The number of nitrogens with two attached hydrogens (primary N) is 1. The molecule has 2 N–H and O–H groups in total. The number of tetrazole rings is 1. The third-order valence-electron chi connectivity index (χ3n) is 2.46. The number of nitrogen functional groups attached to an aromatic ring is 1. The molecule has 0 aliphatic heterocycles. The van der Waals surface area contributed by atoms with Crippen LogP contribution in [-0.4, -0.2) is 25.3 Å². The number of anilines is 1. The van der Waals surface area contributed by atoms with Crippen molar-refractivity contribution in [3.63, 3.8) is 0 Å². The highest BCUT2D eigenvalue weighted by molar-refractivity contribution is 5.48. The van der Waals surface area contributed by atoms with E-state index >= 15 is 0 Å². The van der Waals surface area contributed by atoms with Gasteiger partial charge in [-0.05, 0) is 47.2 Å². The van der Waals surface area contributed by atoms with Gasteiger partial charge in [-0.3, -0.25) is 0 Å². The zero-order chi connectivity index (χ0) is 12.5. The molecule has 7 nitrogen and oxygen atoms in total. The van der Waals surface area contributed by atoms with Gasteiger partial charge >= 0.3 is 0 Å². The Morgan fingerprint density at radius 1 is 1.22 bits per heavy atom. The monoisotopic (exact) mass is 242 g/mol. The van der Waals surface area contributed by atoms with Crippen LogP contribution in [0.25, 0.3) is 5.65 Å². The lowest BCUT2D eigenvalue weighted by Gasteiger charge is -2.07. The largest absolute Gasteiger partial charge is 0.437 e. The van der Waals surface area contributed by atoms with Crippen molar-refractivity contribution in [2.45, 2.75) is 6.92 Å². The molecule has 0 atom stereocenters. The summed E-state index contributed by atoms with van der Waals surface area (Å²) in [4.78, 5) is 0. The van der Waals surface area contributed by atoms with Crippen molar-refractivity contribution in [3.8, 4) is 11.6 Å². The maximum atomic E-state index is 5.68. The van der Waals surface area contributed by atoms with Crippen LogP contribution >= 0.6 is 0 Å². The van der Waals surface area contributed by atoms with Crippen LogP contribution in [0.2, 0.25) is 0 Å². The number of hydrogen-bond donors (Lipinski definition) is 1. The summed E-state index contributed by atoms with van der Waals surface area (Å²) >= 11 is 0. The maximum Gasteiger partial charge on any atom is 0.239 e. The van der Waals surface area contributed by atoms with Crippen molar-refractivity contribution >= 4 is 11.3 Å². The van der Waals surface area contributed by atoms with E-state index in [1.807, 2.05) is 13.0 Å². The van der Waals surface area contributed by atoms with Crippen LogP contribution in [0.1, 0.15) is 5.56 Å². The van der Waals surface area contributed by atoms with Gasteiger partial charge in [-0.25, -0.2) is 0 Å². The summed E-state index contributed by atoms with van der Waals surface area (Å²) in [6, 6.07) is 8.86. The average Bonchev–Trinajstić information content (AvgIpc) is 2.80. The quantitative estimate of drug-likeness (QED) is 0.679. The highest BCUT2D eigenvalue weighted by Gasteiger charge is 2.05. The van der Waals surface area contributed by atoms with E-state index in [-0.39, 0.29) is 0 Å². The Bertz CT molecular complexity index is 708. The molecule has 2 aromatic heterocycles. The molecule has 0 saturated heterocycles. The van der Waals surface area contributed by atoms with Crippen molar-refractivity contribution in [3.05, 3.63) is 35.9 Å². The van der Waals surface area contributed by atoms with Crippen LogP contribution in [0.5, 0.6) is 11.6 Å². The highest BCUT2D eigenvalue weighted by atomic mass is 16.5. The molecule has 3 aromatic rings.